The molecule has 0 aromatic heterocycles. The van der Waals surface area contributed by atoms with E-state index in [4.69, 9.17) is 0 Å². The second kappa shape index (κ2) is 9.88. The van der Waals surface area contributed by atoms with E-state index in [-0.39, 0.29) is 35.8 Å². The fraction of sp³-hybridized carbons (Fsp3) is 0.600. The van der Waals surface area contributed by atoms with Crippen LogP contribution in [0, 0.1) is 0 Å². The Labute approximate surface area is 162 Å². The molecule has 27 heavy (non-hydrogen) atoms. The molecule has 1 fully saturated rings. The molecular weight excluding hydrogens is 364 g/mol. The fourth-order valence-corrected chi connectivity index (χ4v) is 5.31. The van der Waals surface area contributed by atoms with Crippen molar-refractivity contribution in [1.29, 1.82) is 0 Å². The number of carbonyl (C=O) groups is 2. The summed E-state index contributed by atoms with van der Waals surface area (Å²) in [5, 5.41) is 0. The second-order valence-electron chi connectivity index (χ2n) is 7.08. The molecule has 1 heterocycles. The molecule has 0 spiro atoms. The quantitative estimate of drug-likeness (QED) is 0.641. The SMILES string of the molecule is CCN(C(=O)CCN(CCCc1ccccc1)C(C)=O)C1CCS(=O)(=O)C1. The Bertz CT molecular complexity index is 734. The number of hydrogen-bond acceptors (Lipinski definition) is 4. The van der Waals surface area contributed by atoms with Crippen LogP contribution in [0.15, 0.2) is 30.3 Å². The fourth-order valence-electron chi connectivity index (χ4n) is 3.58. The van der Waals surface area contributed by atoms with Gasteiger partial charge in [0.25, 0.3) is 0 Å². The first-order valence-electron chi connectivity index (χ1n) is 9.61. The Morgan fingerprint density at radius 3 is 2.41 bits per heavy atom. The smallest absolute Gasteiger partial charge is 0.224 e. The maximum Gasteiger partial charge on any atom is 0.224 e. The number of aryl methyl sites for hydroxylation is 1. The van der Waals surface area contributed by atoms with Gasteiger partial charge in [0, 0.05) is 39.0 Å². The lowest BCUT2D eigenvalue weighted by atomic mass is 10.1. The van der Waals surface area contributed by atoms with Gasteiger partial charge in [0.15, 0.2) is 9.84 Å². The Kier molecular flexibility index (Phi) is 7.83. The first-order chi connectivity index (χ1) is 12.8. The van der Waals surface area contributed by atoms with Gasteiger partial charge in [0.2, 0.25) is 11.8 Å². The van der Waals surface area contributed by atoms with Crippen LogP contribution in [0.2, 0.25) is 0 Å². The number of benzene rings is 1. The standard InChI is InChI=1S/C20H30N2O4S/c1-3-22(19-12-15-27(25,26)16-19)20(24)11-14-21(17(2)23)13-7-10-18-8-5-4-6-9-18/h4-6,8-9,19H,3,7,10-16H2,1-2H3. The highest BCUT2D eigenvalue weighted by molar-refractivity contribution is 7.91. The molecule has 150 valence electrons. The molecule has 0 bridgehead atoms. The Morgan fingerprint density at radius 2 is 1.85 bits per heavy atom. The summed E-state index contributed by atoms with van der Waals surface area (Å²) in [5.41, 5.74) is 1.23. The first-order valence-corrected chi connectivity index (χ1v) is 11.4. The number of rotatable bonds is 9. The predicted octanol–water partition coefficient (Wildman–Crippen LogP) is 1.89. The number of sulfone groups is 1. The van der Waals surface area contributed by atoms with E-state index in [1.807, 2.05) is 25.1 Å². The third-order valence-electron chi connectivity index (χ3n) is 5.09. The predicted molar refractivity (Wildman–Crippen MR) is 106 cm³/mol. The van der Waals surface area contributed by atoms with Crippen LogP contribution in [0.25, 0.3) is 0 Å². The van der Waals surface area contributed by atoms with E-state index in [1.54, 1.807) is 9.80 Å². The largest absolute Gasteiger partial charge is 0.342 e. The van der Waals surface area contributed by atoms with E-state index in [0.717, 1.165) is 12.8 Å². The lowest BCUT2D eigenvalue weighted by Gasteiger charge is -2.28. The zero-order valence-electron chi connectivity index (χ0n) is 16.3. The molecule has 0 aliphatic carbocycles. The highest BCUT2D eigenvalue weighted by Gasteiger charge is 2.33. The first kappa shape index (κ1) is 21.4. The number of carbonyl (C=O) groups excluding carboxylic acids is 2. The molecule has 1 aromatic rings. The van der Waals surface area contributed by atoms with Crippen molar-refractivity contribution in [1.82, 2.24) is 9.80 Å². The van der Waals surface area contributed by atoms with Gasteiger partial charge in [-0.25, -0.2) is 8.42 Å². The van der Waals surface area contributed by atoms with Gasteiger partial charge in [-0.1, -0.05) is 30.3 Å². The molecule has 0 radical (unpaired) electrons. The van der Waals surface area contributed by atoms with Crippen molar-refractivity contribution in [2.45, 2.75) is 45.6 Å². The minimum Gasteiger partial charge on any atom is -0.342 e. The second-order valence-corrected chi connectivity index (χ2v) is 9.31. The van der Waals surface area contributed by atoms with Gasteiger partial charge in [-0.3, -0.25) is 9.59 Å². The summed E-state index contributed by atoms with van der Waals surface area (Å²) in [6, 6.07) is 9.88. The van der Waals surface area contributed by atoms with Crippen molar-refractivity contribution in [3.8, 4) is 0 Å². The number of nitrogens with zero attached hydrogens (tertiary/aromatic N) is 2. The van der Waals surface area contributed by atoms with Crippen LogP contribution in [-0.4, -0.2) is 67.2 Å². The van der Waals surface area contributed by atoms with Crippen LogP contribution in [0.3, 0.4) is 0 Å². The van der Waals surface area contributed by atoms with Gasteiger partial charge in [0.1, 0.15) is 0 Å². The average Bonchev–Trinajstić information content (AvgIpc) is 2.98. The molecule has 0 N–H and O–H groups in total. The van der Waals surface area contributed by atoms with Crippen LogP contribution in [0.5, 0.6) is 0 Å². The highest BCUT2D eigenvalue weighted by atomic mass is 32.2. The molecule has 7 heteroatoms. The van der Waals surface area contributed by atoms with Crippen molar-refractivity contribution < 1.29 is 18.0 Å². The monoisotopic (exact) mass is 394 g/mol. The summed E-state index contributed by atoms with van der Waals surface area (Å²) in [6.45, 7) is 4.87. The summed E-state index contributed by atoms with van der Waals surface area (Å²) in [6.07, 6.45) is 2.47. The molecule has 0 saturated carbocycles. The minimum atomic E-state index is -3.03. The van der Waals surface area contributed by atoms with Crippen molar-refractivity contribution in [2.24, 2.45) is 0 Å². The molecule has 1 aromatic carbocycles. The Balaban J connectivity index is 1.83. The summed E-state index contributed by atoms with van der Waals surface area (Å²) in [5.74, 6) is 0.0943. The van der Waals surface area contributed by atoms with Crippen molar-refractivity contribution in [3.05, 3.63) is 35.9 Å². The molecule has 1 atom stereocenters. The van der Waals surface area contributed by atoms with Gasteiger partial charge in [-0.15, -0.1) is 0 Å². The van der Waals surface area contributed by atoms with Crippen molar-refractivity contribution in [2.75, 3.05) is 31.1 Å². The lowest BCUT2D eigenvalue weighted by molar-refractivity contribution is -0.134. The topological polar surface area (TPSA) is 74.8 Å². The van der Waals surface area contributed by atoms with Crippen LogP contribution in [-0.2, 0) is 25.8 Å². The zero-order valence-corrected chi connectivity index (χ0v) is 17.1. The van der Waals surface area contributed by atoms with Gasteiger partial charge >= 0.3 is 0 Å². The summed E-state index contributed by atoms with van der Waals surface area (Å²) < 4.78 is 23.4. The van der Waals surface area contributed by atoms with Crippen molar-refractivity contribution in [3.63, 3.8) is 0 Å². The number of amides is 2. The molecule has 2 rings (SSSR count). The van der Waals surface area contributed by atoms with Crippen LogP contribution in [0.4, 0.5) is 0 Å². The van der Waals surface area contributed by atoms with E-state index in [1.165, 1.54) is 12.5 Å². The average molecular weight is 395 g/mol. The van der Waals surface area contributed by atoms with Gasteiger partial charge < -0.3 is 9.80 Å². The van der Waals surface area contributed by atoms with E-state index in [2.05, 4.69) is 12.1 Å². The third kappa shape index (κ3) is 6.65. The van der Waals surface area contributed by atoms with Crippen molar-refractivity contribution >= 4 is 21.7 Å². The maximum absolute atomic E-state index is 12.6. The van der Waals surface area contributed by atoms with E-state index < -0.39 is 9.84 Å². The molecule has 1 unspecified atom stereocenters. The minimum absolute atomic E-state index is 0.0395. The zero-order chi connectivity index (χ0) is 19.9. The van der Waals surface area contributed by atoms with E-state index in [9.17, 15) is 18.0 Å². The highest BCUT2D eigenvalue weighted by Crippen LogP contribution is 2.18. The molecule has 1 aliphatic rings. The molecule has 2 amide bonds. The summed E-state index contributed by atoms with van der Waals surface area (Å²) in [7, 11) is -3.03. The normalized spacial score (nSPS) is 18.2. The lowest BCUT2D eigenvalue weighted by Crippen LogP contribution is -2.43. The Morgan fingerprint density at radius 1 is 1.15 bits per heavy atom. The van der Waals surface area contributed by atoms with Crippen LogP contribution in [0.1, 0.15) is 38.7 Å². The van der Waals surface area contributed by atoms with Crippen LogP contribution >= 0.6 is 0 Å². The van der Waals surface area contributed by atoms with Crippen LogP contribution < -0.4 is 0 Å². The third-order valence-corrected chi connectivity index (χ3v) is 6.84. The van der Waals surface area contributed by atoms with Gasteiger partial charge in [-0.2, -0.15) is 0 Å². The summed E-state index contributed by atoms with van der Waals surface area (Å²) in [4.78, 5) is 27.9. The molecular formula is C20H30N2O4S. The summed E-state index contributed by atoms with van der Waals surface area (Å²) >= 11 is 0. The van der Waals surface area contributed by atoms with Gasteiger partial charge in [-0.05, 0) is 31.7 Å². The van der Waals surface area contributed by atoms with E-state index >= 15 is 0 Å². The van der Waals surface area contributed by atoms with E-state index in [0.29, 0.717) is 26.1 Å². The number of hydrogen-bond donors (Lipinski definition) is 0. The molecule has 6 nitrogen and oxygen atoms in total. The maximum atomic E-state index is 12.6. The molecule has 1 aliphatic heterocycles. The molecule has 1 saturated heterocycles. The van der Waals surface area contributed by atoms with Gasteiger partial charge in [0.05, 0.1) is 11.5 Å². The Hall–Kier alpha value is -1.89.